The van der Waals surface area contributed by atoms with Crippen LogP contribution < -0.4 is 5.73 Å². The molecule has 2 rings (SSSR count). The van der Waals surface area contributed by atoms with Gasteiger partial charge in [0.05, 0.1) is 5.01 Å². The minimum atomic E-state index is -0.389. The first-order valence-electron chi connectivity index (χ1n) is 5.71. The molecule has 0 aliphatic rings. The molecule has 0 saturated carbocycles. The van der Waals surface area contributed by atoms with Crippen LogP contribution in [-0.4, -0.2) is 17.3 Å². The summed E-state index contributed by atoms with van der Waals surface area (Å²) < 4.78 is 14.3. The highest BCUT2D eigenvalue weighted by Gasteiger charge is 2.14. The number of nitrogens with zero attached hydrogens (tertiary/aromatic N) is 1. The zero-order chi connectivity index (χ0) is 13.8. The molecule has 0 fully saturated rings. The number of Topliss-reactive ketones (excluding diaryl/α,β-unsaturated/α-hetero) is 1. The fraction of sp³-hybridized carbons (Fsp3) is 0.231. The van der Waals surface area contributed by atoms with Gasteiger partial charge in [-0.25, -0.2) is 9.37 Å². The molecular weight excluding hydrogens is 331 g/mol. The zero-order valence-corrected chi connectivity index (χ0v) is 12.4. The molecule has 6 heteroatoms. The molecule has 0 spiro atoms. The third kappa shape index (κ3) is 3.68. The topological polar surface area (TPSA) is 56.0 Å². The second-order valence-electron chi connectivity index (χ2n) is 4.00. The Kier molecular flexibility index (Phi) is 4.79. The smallest absolute Gasteiger partial charge is 0.186 e. The van der Waals surface area contributed by atoms with Gasteiger partial charge in [-0.15, -0.1) is 11.3 Å². The maximum Gasteiger partial charge on any atom is 0.186 e. The minimum absolute atomic E-state index is 0.0188. The van der Waals surface area contributed by atoms with Gasteiger partial charge in [-0.05, 0) is 24.2 Å². The van der Waals surface area contributed by atoms with Crippen LogP contribution in [0.3, 0.4) is 0 Å². The molecule has 1 aromatic carbocycles. The van der Waals surface area contributed by atoms with E-state index in [0.717, 1.165) is 5.01 Å². The molecule has 3 nitrogen and oxygen atoms in total. The zero-order valence-electron chi connectivity index (χ0n) is 10.0. The number of thiazole rings is 1. The number of halogens is 2. The monoisotopic (exact) mass is 342 g/mol. The van der Waals surface area contributed by atoms with Gasteiger partial charge in [0.25, 0.3) is 0 Å². The largest absolute Gasteiger partial charge is 0.330 e. The standard InChI is InChI=1S/C13H12BrFN2OS/c14-9-2-1-8(10(15)6-9)5-12(18)11-7-19-13(17-11)3-4-16/h1-2,6-7H,3-5,16H2. The molecule has 1 aromatic heterocycles. The molecule has 0 atom stereocenters. The molecule has 0 bridgehead atoms. The summed E-state index contributed by atoms with van der Waals surface area (Å²) in [6, 6.07) is 4.67. The second kappa shape index (κ2) is 6.36. The Hall–Kier alpha value is -1.11. The van der Waals surface area contributed by atoms with Gasteiger partial charge >= 0.3 is 0 Å². The number of benzene rings is 1. The van der Waals surface area contributed by atoms with Gasteiger partial charge in [-0.1, -0.05) is 22.0 Å². The Morgan fingerprint density at radius 3 is 2.95 bits per heavy atom. The number of nitrogens with two attached hydrogens (primary N) is 1. The van der Waals surface area contributed by atoms with Crippen molar-refractivity contribution in [3.05, 3.63) is 50.1 Å². The molecule has 2 N–H and O–H groups in total. The van der Waals surface area contributed by atoms with Gasteiger partial charge in [0, 0.05) is 22.7 Å². The Morgan fingerprint density at radius 1 is 1.47 bits per heavy atom. The molecule has 0 amide bonds. The average Bonchev–Trinajstić information content (AvgIpc) is 2.82. The quantitative estimate of drug-likeness (QED) is 0.850. The van der Waals surface area contributed by atoms with Crippen LogP contribution in [0, 0.1) is 5.82 Å². The number of hydrogen-bond acceptors (Lipinski definition) is 4. The average molecular weight is 343 g/mol. The lowest BCUT2D eigenvalue weighted by Crippen LogP contribution is -2.07. The van der Waals surface area contributed by atoms with Crippen LogP contribution in [0.2, 0.25) is 0 Å². The SMILES string of the molecule is NCCc1nc(C(=O)Cc2ccc(Br)cc2F)cs1. The van der Waals surface area contributed by atoms with Crippen molar-refractivity contribution < 1.29 is 9.18 Å². The van der Waals surface area contributed by atoms with Crippen LogP contribution in [0.5, 0.6) is 0 Å². The van der Waals surface area contributed by atoms with Crippen molar-refractivity contribution in [2.24, 2.45) is 5.73 Å². The number of ketones is 1. The van der Waals surface area contributed by atoms with Gasteiger partial charge in [-0.2, -0.15) is 0 Å². The summed E-state index contributed by atoms with van der Waals surface area (Å²) in [6.07, 6.45) is 0.676. The highest BCUT2D eigenvalue weighted by Crippen LogP contribution is 2.18. The van der Waals surface area contributed by atoms with Crippen molar-refractivity contribution in [3.8, 4) is 0 Å². The predicted octanol–water partition coefficient (Wildman–Crippen LogP) is 2.97. The summed E-state index contributed by atoms with van der Waals surface area (Å²) in [5.41, 5.74) is 6.19. The lowest BCUT2D eigenvalue weighted by Gasteiger charge is -2.01. The molecule has 0 aliphatic carbocycles. The first-order chi connectivity index (χ1) is 9.10. The molecule has 1 heterocycles. The van der Waals surface area contributed by atoms with Gasteiger partial charge in [-0.3, -0.25) is 4.79 Å². The summed E-state index contributed by atoms with van der Waals surface area (Å²) in [7, 11) is 0. The number of aromatic nitrogens is 1. The lowest BCUT2D eigenvalue weighted by atomic mass is 10.1. The van der Waals surface area contributed by atoms with Crippen molar-refractivity contribution in [2.75, 3.05) is 6.54 Å². The first-order valence-corrected chi connectivity index (χ1v) is 7.39. The van der Waals surface area contributed by atoms with E-state index in [-0.39, 0.29) is 18.0 Å². The summed E-state index contributed by atoms with van der Waals surface area (Å²) in [5.74, 6) is -0.569. The second-order valence-corrected chi connectivity index (χ2v) is 5.86. The normalized spacial score (nSPS) is 10.7. The number of carbonyl (C=O) groups excluding carboxylic acids is 1. The number of rotatable bonds is 5. The van der Waals surface area contributed by atoms with Crippen molar-refractivity contribution in [3.63, 3.8) is 0 Å². The lowest BCUT2D eigenvalue weighted by molar-refractivity contribution is 0.0987. The van der Waals surface area contributed by atoms with Crippen molar-refractivity contribution in [1.29, 1.82) is 0 Å². The molecule has 100 valence electrons. The Balaban J connectivity index is 2.11. The number of hydrogen-bond donors (Lipinski definition) is 1. The molecule has 0 saturated heterocycles. The molecule has 19 heavy (non-hydrogen) atoms. The van der Waals surface area contributed by atoms with Crippen molar-refractivity contribution in [1.82, 2.24) is 4.98 Å². The van der Waals surface area contributed by atoms with Gasteiger partial charge in [0.1, 0.15) is 11.5 Å². The third-order valence-electron chi connectivity index (χ3n) is 2.56. The fourth-order valence-electron chi connectivity index (χ4n) is 1.61. The predicted molar refractivity (Wildman–Crippen MR) is 77.0 cm³/mol. The Morgan fingerprint density at radius 2 is 2.26 bits per heavy atom. The molecule has 0 aliphatic heterocycles. The van der Waals surface area contributed by atoms with E-state index < -0.39 is 0 Å². The summed E-state index contributed by atoms with van der Waals surface area (Å²) in [6.45, 7) is 0.502. The van der Waals surface area contributed by atoms with E-state index in [9.17, 15) is 9.18 Å². The minimum Gasteiger partial charge on any atom is -0.330 e. The van der Waals surface area contributed by atoms with E-state index in [1.807, 2.05) is 0 Å². The van der Waals surface area contributed by atoms with E-state index >= 15 is 0 Å². The van der Waals surface area contributed by atoms with Crippen LogP contribution in [0.1, 0.15) is 21.1 Å². The molecular formula is C13H12BrFN2OS. The third-order valence-corrected chi connectivity index (χ3v) is 3.96. The maximum absolute atomic E-state index is 13.6. The summed E-state index contributed by atoms with van der Waals surface area (Å²) in [4.78, 5) is 16.2. The van der Waals surface area contributed by atoms with Crippen LogP contribution >= 0.6 is 27.3 Å². The molecule has 2 aromatic rings. The molecule has 0 radical (unpaired) electrons. The van der Waals surface area contributed by atoms with E-state index in [2.05, 4.69) is 20.9 Å². The summed E-state index contributed by atoms with van der Waals surface area (Å²) in [5, 5.41) is 2.53. The Labute approximate surface area is 122 Å². The van der Waals surface area contributed by atoms with Crippen LogP contribution in [0.25, 0.3) is 0 Å². The van der Waals surface area contributed by atoms with Crippen LogP contribution in [-0.2, 0) is 12.8 Å². The summed E-state index contributed by atoms with van der Waals surface area (Å²) >= 11 is 4.59. The van der Waals surface area contributed by atoms with Crippen molar-refractivity contribution in [2.45, 2.75) is 12.8 Å². The van der Waals surface area contributed by atoms with E-state index in [1.54, 1.807) is 17.5 Å². The highest BCUT2D eigenvalue weighted by atomic mass is 79.9. The van der Waals surface area contributed by atoms with Crippen LogP contribution in [0.4, 0.5) is 4.39 Å². The highest BCUT2D eigenvalue weighted by molar-refractivity contribution is 9.10. The molecule has 0 unspecified atom stereocenters. The van der Waals surface area contributed by atoms with E-state index in [1.165, 1.54) is 17.4 Å². The fourth-order valence-corrected chi connectivity index (χ4v) is 2.76. The number of carbonyl (C=O) groups is 1. The van der Waals surface area contributed by atoms with Crippen molar-refractivity contribution >= 4 is 33.0 Å². The van der Waals surface area contributed by atoms with Gasteiger partial charge in [0.15, 0.2) is 5.78 Å². The maximum atomic E-state index is 13.6. The van der Waals surface area contributed by atoms with Gasteiger partial charge in [0.2, 0.25) is 0 Å². The van der Waals surface area contributed by atoms with E-state index in [0.29, 0.717) is 28.7 Å². The van der Waals surface area contributed by atoms with Gasteiger partial charge < -0.3 is 5.73 Å². The van der Waals surface area contributed by atoms with E-state index in [4.69, 9.17) is 5.73 Å². The van der Waals surface area contributed by atoms with Crippen LogP contribution in [0.15, 0.2) is 28.1 Å². The Bertz CT molecular complexity index is 600. The first kappa shape index (κ1) is 14.3.